The molecule has 0 radical (unpaired) electrons. The van der Waals surface area contributed by atoms with Crippen LogP contribution >= 0.6 is 0 Å². The molecule has 0 bridgehead atoms. The van der Waals surface area contributed by atoms with E-state index in [1.165, 1.54) is 4.31 Å². The first-order chi connectivity index (χ1) is 8.88. The van der Waals surface area contributed by atoms with Gasteiger partial charge in [-0.05, 0) is 51.4 Å². The van der Waals surface area contributed by atoms with Crippen LogP contribution in [0.15, 0.2) is 0 Å². The van der Waals surface area contributed by atoms with Crippen LogP contribution in [0.5, 0.6) is 0 Å². The van der Waals surface area contributed by atoms with E-state index in [1.807, 2.05) is 0 Å². The van der Waals surface area contributed by atoms with Crippen LogP contribution in [-0.2, 0) is 10.3 Å². The summed E-state index contributed by atoms with van der Waals surface area (Å²) in [5, 5.41) is 19.0. The highest BCUT2D eigenvalue weighted by Gasteiger charge is 2.38. The number of rotatable bonds is 3. The average Bonchev–Trinajstić information content (AvgIpc) is 2.33. The predicted octanol–water partition coefficient (Wildman–Crippen LogP) is 0.698. The van der Waals surface area contributed by atoms with Gasteiger partial charge < -0.3 is 10.2 Å². The Hall–Kier alpha value is -0.210. The van der Waals surface area contributed by atoms with Crippen molar-refractivity contribution in [1.29, 1.82) is 0 Å². The summed E-state index contributed by atoms with van der Waals surface area (Å²) in [6.45, 7) is 0. The Balaban J connectivity index is 2.08. The summed E-state index contributed by atoms with van der Waals surface area (Å²) in [7, 11) is -4.23. The van der Waals surface area contributed by atoms with Crippen LogP contribution in [0, 0.1) is 0 Å². The zero-order chi connectivity index (χ0) is 14.0. The van der Waals surface area contributed by atoms with Gasteiger partial charge in [0.15, 0.2) is 0 Å². The summed E-state index contributed by atoms with van der Waals surface area (Å²) in [5.41, 5.74) is 0. The molecule has 0 unspecified atom stereocenters. The Bertz CT molecular complexity index is 361. The van der Waals surface area contributed by atoms with Crippen LogP contribution in [-0.4, -0.2) is 51.8 Å². The average molecular weight is 293 g/mol. The van der Waals surface area contributed by atoms with Gasteiger partial charge in [-0.1, -0.05) is 0 Å². The summed E-state index contributed by atoms with van der Waals surface area (Å²) in [4.78, 5) is 0. The van der Waals surface area contributed by atoms with Gasteiger partial charge >= 0.3 is 10.3 Å². The quantitative estimate of drug-likeness (QED) is 0.665. The highest BCUT2D eigenvalue weighted by Crippen LogP contribution is 2.32. The molecular weight excluding hydrogens is 270 g/mol. The monoisotopic (exact) mass is 293 g/mol. The Morgan fingerprint density at radius 2 is 1.05 bits per heavy atom. The van der Waals surface area contributed by atoms with E-state index in [-0.39, 0.29) is 24.3 Å². The Morgan fingerprint density at radius 1 is 0.737 bits per heavy atom. The molecule has 0 spiro atoms. The minimum Gasteiger partial charge on any atom is -0.393 e. The molecule has 2 fully saturated rings. The van der Waals surface area contributed by atoms with Gasteiger partial charge in [0.1, 0.15) is 0 Å². The second-order valence-corrected chi connectivity index (χ2v) is 7.05. The highest BCUT2D eigenvalue weighted by atomic mass is 32.2. The van der Waals surface area contributed by atoms with Gasteiger partial charge in [-0.15, -0.1) is 0 Å². The molecule has 2 saturated carbocycles. The Labute approximate surface area is 114 Å². The minimum atomic E-state index is -4.23. The highest BCUT2D eigenvalue weighted by molar-refractivity contribution is 7.83. The van der Waals surface area contributed by atoms with Gasteiger partial charge in [0, 0.05) is 12.1 Å². The summed E-state index contributed by atoms with van der Waals surface area (Å²) in [6, 6.07) is -0.447. The summed E-state index contributed by atoms with van der Waals surface area (Å²) in [6.07, 6.45) is 3.93. The van der Waals surface area contributed by atoms with Gasteiger partial charge in [-0.3, -0.25) is 4.55 Å². The lowest BCUT2D eigenvalue weighted by Crippen LogP contribution is -2.50. The zero-order valence-corrected chi connectivity index (χ0v) is 11.8. The lowest BCUT2D eigenvalue weighted by Gasteiger charge is -2.40. The third-order valence-electron chi connectivity index (χ3n) is 4.32. The first kappa shape index (κ1) is 15.2. The first-order valence-electron chi connectivity index (χ1n) is 7.00. The van der Waals surface area contributed by atoms with E-state index >= 15 is 0 Å². The molecule has 6 nitrogen and oxygen atoms in total. The smallest absolute Gasteiger partial charge is 0.336 e. The second kappa shape index (κ2) is 6.05. The summed E-state index contributed by atoms with van der Waals surface area (Å²) in [5.74, 6) is 0. The van der Waals surface area contributed by atoms with Crippen LogP contribution in [0.4, 0.5) is 0 Å². The maximum absolute atomic E-state index is 11.6. The van der Waals surface area contributed by atoms with Gasteiger partial charge in [-0.2, -0.15) is 12.7 Å². The molecule has 0 saturated heterocycles. The van der Waals surface area contributed by atoms with E-state index in [2.05, 4.69) is 0 Å². The molecule has 2 rings (SSSR count). The maximum Gasteiger partial charge on any atom is 0.336 e. The molecule has 0 aromatic carbocycles. The fourth-order valence-electron chi connectivity index (χ4n) is 3.30. The van der Waals surface area contributed by atoms with E-state index in [0.29, 0.717) is 51.4 Å². The minimum absolute atomic E-state index is 0.223. The molecule has 0 aromatic heterocycles. The SMILES string of the molecule is O=S(=O)(O)N(C1CCC(O)CC1)C1CCC(O)CC1. The standard InChI is InChI=1S/C12H23NO5S/c14-11-5-1-9(2-6-11)13(19(16,17)18)10-3-7-12(15)8-4-10/h9-12,14-15H,1-8H2,(H,16,17,18). The lowest BCUT2D eigenvalue weighted by molar-refractivity contribution is 0.0580. The topological polar surface area (TPSA) is 98.1 Å². The predicted molar refractivity (Wildman–Crippen MR) is 69.9 cm³/mol. The van der Waals surface area contributed by atoms with Crippen molar-refractivity contribution in [3.05, 3.63) is 0 Å². The normalized spacial score (nSPS) is 37.5. The molecule has 3 N–H and O–H groups in total. The van der Waals surface area contributed by atoms with Crippen molar-refractivity contribution in [3.8, 4) is 0 Å². The molecule has 19 heavy (non-hydrogen) atoms. The molecule has 0 amide bonds. The van der Waals surface area contributed by atoms with Crippen LogP contribution in [0.25, 0.3) is 0 Å². The van der Waals surface area contributed by atoms with Gasteiger partial charge in [0.2, 0.25) is 0 Å². The van der Waals surface area contributed by atoms with E-state index in [9.17, 15) is 23.2 Å². The number of aliphatic hydroxyl groups excluding tert-OH is 2. The van der Waals surface area contributed by atoms with Crippen molar-refractivity contribution in [2.24, 2.45) is 0 Å². The third-order valence-corrected chi connectivity index (χ3v) is 5.45. The van der Waals surface area contributed by atoms with Crippen LogP contribution in [0.2, 0.25) is 0 Å². The largest absolute Gasteiger partial charge is 0.393 e. The van der Waals surface area contributed by atoms with Crippen molar-refractivity contribution in [1.82, 2.24) is 4.31 Å². The molecular formula is C12H23NO5S. The van der Waals surface area contributed by atoms with Gasteiger partial charge in [-0.25, -0.2) is 0 Å². The van der Waals surface area contributed by atoms with E-state index in [4.69, 9.17) is 0 Å². The van der Waals surface area contributed by atoms with Crippen molar-refractivity contribution in [3.63, 3.8) is 0 Å². The van der Waals surface area contributed by atoms with Gasteiger partial charge in [0.25, 0.3) is 0 Å². The van der Waals surface area contributed by atoms with Crippen LogP contribution in [0.1, 0.15) is 51.4 Å². The fourth-order valence-corrected chi connectivity index (χ4v) is 4.48. The lowest BCUT2D eigenvalue weighted by atomic mass is 9.89. The molecule has 0 heterocycles. The molecule has 0 atom stereocenters. The fraction of sp³-hybridized carbons (Fsp3) is 1.00. The first-order valence-corrected chi connectivity index (χ1v) is 8.39. The maximum atomic E-state index is 11.6. The Kier molecular flexibility index (Phi) is 4.84. The van der Waals surface area contributed by atoms with Crippen LogP contribution < -0.4 is 0 Å². The number of nitrogens with zero attached hydrogens (tertiary/aromatic N) is 1. The van der Waals surface area contributed by atoms with E-state index in [1.54, 1.807) is 0 Å². The molecule has 2 aliphatic carbocycles. The van der Waals surface area contributed by atoms with Crippen molar-refractivity contribution in [2.45, 2.75) is 75.7 Å². The number of hydrogen-bond donors (Lipinski definition) is 3. The molecule has 112 valence electrons. The number of hydrogen-bond acceptors (Lipinski definition) is 4. The van der Waals surface area contributed by atoms with Crippen molar-refractivity contribution in [2.75, 3.05) is 0 Å². The summed E-state index contributed by atoms with van der Waals surface area (Å²) < 4.78 is 34.0. The molecule has 2 aliphatic rings. The van der Waals surface area contributed by atoms with E-state index < -0.39 is 10.3 Å². The zero-order valence-electron chi connectivity index (χ0n) is 11.0. The Morgan fingerprint density at radius 3 is 1.32 bits per heavy atom. The van der Waals surface area contributed by atoms with E-state index in [0.717, 1.165) is 0 Å². The van der Waals surface area contributed by atoms with Gasteiger partial charge in [0.05, 0.1) is 12.2 Å². The number of aliphatic hydroxyl groups is 2. The molecule has 0 aromatic rings. The van der Waals surface area contributed by atoms with Crippen LogP contribution in [0.3, 0.4) is 0 Å². The van der Waals surface area contributed by atoms with Crippen molar-refractivity contribution < 1.29 is 23.2 Å². The molecule has 0 aliphatic heterocycles. The third kappa shape index (κ3) is 3.88. The summed E-state index contributed by atoms with van der Waals surface area (Å²) >= 11 is 0. The molecule has 7 heteroatoms. The second-order valence-electron chi connectivity index (χ2n) is 5.73. The van der Waals surface area contributed by atoms with Crippen molar-refractivity contribution >= 4 is 10.3 Å².